The van der Waals surface area contributed by atoms with Crippen molar-refractivity contribution in [2.75, 3.05) is 18.2 Å². The molecule has 5 nitrogen and oxygen atoms in total. The highest BCUT2D eigenvalue weighted by atomic mass is 32.2. The predicted molar refractivity (Wildman–Crippen MR) is 134 cm³/mol. The van der Waals surface area contributed by atoms with Crippen LogP contribution >= 0.6 is 23.1 Å². The lowest BCUT2D eigenvalue weighted by Crippen LogP contribution is -2.30. The molecule has 1 atom stereocenters. The van der Waals surface area contributed by atoms with Gasteiger partial charge in [0.05, 0.1) is 35.4 Å². The number of carbonyl (C=O) groups excluding carboxylic acids is 1. The molecule has 0 aliphatic carbocycles. The number of rotatable bonds is 10. The Morgan fingerprint density at radius 2 is 2.06 bits per heavy atom. The zero-order chi connectivity index (χ0) is 22.9. The lowest BCUT2D eigenvalue weighted by atomic mass is 9.86. The van der Waals surface area contributed by atoms with Gasteiger partial charge in [0, 0.05) is 16.1 Å². The number of nitriles is 1. The second kappa shape index (κ2) is 11.8. The fourth-order valence-electron chi connectivity index (χ4n) is 3.71. The molecular weight excluding hydrogens is 438 g/mol. The zero-order valence-corrected chi connectivity index (χ0v) is 20.4. The van der Waals surface area contributed by atoms with Crippen LogP contribution in [0.3, 0.4) is 0 Å². The number of methoxy groups -OCH3 is 1. The molecule has 1 aromatic carbocycles. The van der Waals surface area contributed by atoms with E-state index in [0.717, 1.165) is 27.8 Å². The fourth-order valence-corrected chi connectivity index (χ4v) is 5.65. The third kappa shape index (κ3) is 5.56. The first-order valence-electron chi connectivity index (χ1n) is 10.8. The number of para-hydroxylation sites is 2. The number of hydrogen-bond donors (Lipinski definition) is 2. The largest absolute Gasteiger partial charge is 0.495 e. The normalized spacial score (nSPS) is 15.9. The number of dihydropyridines is 1. The highest BCUT2D eigenvalue weighted by Crippen LogP contribution is 2.42. The van der Waals surface area contributed by atoms with E-state index in [1.54, 1.807) is 36.3 Å². The molecule has 2 aromatic rings. The third-order valence-electron chi connectivity index (χ3n) is 5.32. The Balaban J connectivity index is 1.91. The number of nitrogens with one attached hydrogen (secondary N) is 2. The minimum atomic E-state index is -0.394. The van der Waals surface area contributed by atoms with Crippen LogP contribution in [0.15, 0.2) is 63.7 Å². The van der Waals surface area contributed by atoms with E-state index in [9.17, 15) is 10.1 Å². The molecule has 32 heavy (non-hydrogen) atoms. The van der Waals surface area contributed by atoms with E-state index in [1.165, 1.54) is 19.3 Å². The highest BCUT2D eigenvalue weighted by Gasteiger charge is 2.35. The van der Waals surface area contributed by atoms with E-state index >= 15 is 0 Å². The van der Waals surface area contributed by atoms with Crippen LogP contribution in [0.2, 0.25) is 0 Å². The Morgan fingerprint density at radius 1 is 1.25 bits per heavy atom. The lowest BCUT2D eigenvalue weighted by molar-refractivity contribution is -0.113. The van der Waals surface area contributed by atoms with Crippen molar-refractivity contribution in [2.24, 2.45) is 0 Å². The first kappa shape index (κ1) is 24.0. The molecule has 0 spiro atoms. The standard InChI is InChI=1S/C25H29N3O2S2/c1-4-5-6-9-14-32-25-18(16-26)23(21-13-10-15-31-21)22(17(2)27-25)24(29)28-19-11-7-8-12-20(19)30-3/h7-8,10-13,15,23,27H,4-6,9,14H2,1-3H3,(H,28,29)/t23-/m0/s1. The van der Waals surface area contributed by atoms with E-state index in [2.05, 4.69) is 23.6 Å². The molecule has 1 aromatic heterocycles. The second-order valence-electron chi connectivity index (χ2n) is 7.53. The van der Waals surface area contributed by atoms with E-state index in [-0.39, 0.29) is 5.91 Å². The van der Waals surface area contributed by atoms with Crippen molar-refractivity contribution >= 4 is 34.7 Å². The van der Waals surface area contributed by atoms with Crippen LogP contribution in [0.4, 0.5) is 5.69 Å². The molecule has 0 fully saturated rings. The number of hydrogen-bond acceptors (Lipinski definition) is 6. The van der Waals surface area contributed by atoms with Crippen LogP contribution in [0, 0.1) is 11.3 Å². The van der Waals surface area contributed by atoms with Crippen molar-refractivity contribution in [1.82, 2.24) is 5.32 Å². The maximum absolute atomic E-state index is 13.5. The van der Waals surface area contributed by atoms with Crippen LogP contribution in [-0.2, 0) is 4.79 Å². The summed E-state index contributed by atoms with van der Waals surface area (Å²) in [6, 6.07) is 13.7. The SMILES string of the molecule is CCCCCCSC1=C(C#N)[C@@H](c2cccs2)C(C(=O)Nc2ccccc2OC)=C(C)N1. The molecule has 168 valence electrons. The van der Waals surface area contributed by atoms with Gasteiger partial charge in [-0.2, -0.15) is 5.26 Å². The molecule has 1 aliphatic heterocycles. The van der Waals surface area contributed by atoms with Gasteiger partial charge in [-0.1, -0.05) is 44.4 Å². The maximum atomic E-state index is 13.5. The number of amides is 1. The van der Waals surface area contributed by atoms with Gasteiger partial charge in [0.25, 0.3) is 5.91 Å². The van der Waals surface area contributed by atoms with Crippen LogP contribution in [0.25, 0.3) is 0 Å². The molecule has 2 N–H and O–H groups in total. The second-order valence-corrected chi connectivity index (χ2v) is 9.61. The third-order valence-corrected chi connectivity index (χ3v) is 7.36. The number of thiophene rings is 1. The molecule has 7 heteroatoms. The monoisotopic (exact) mass is 467 g/mol. The van der Waals surface area contributed by atoms with E-state index in [4.69, 9.17) is 4.74 Å². The van der Waals surface area contributed by atoms with Crippen molar-refractivity contribution in [2.45, 2.75) is 45.4 Å². The molecule has 1 aliphatic rings. The van der Waals surface area contributed by atoms with Crippen LogP contribution in [0.5, 0.6) is 5.75 Å². The summed E-state index contributed by atoms with van der Waals surface area (Å²) in [5.74, 6) is 0.905. The van der Waals surface area contributed by atoms with E-state index < -0.39 is 5.92 Å². The Bertz CT molecular complexity index is 1040. The molecule has 0 saturated heterocycles. The summed E-state index contributed by atoms with van der Waals surface area (Å²) in [4.78, 5) is 14.4. The van der Waals surface area contributed by atoms with Crippen molar-refractivity contribution in [3.05, 3.63) is 68.5 Å². The van der Waals surface area contributed by atoms with Crippen LogP contribution in [0.1, 0.15) is 50.3 Å². The van der Waals surface area contributed by atoms with Gasteiger partial charge in [-0.25, -0.2) is 0 Å². The fraction of sp³-hybridized carbons (Fsp3) is 0.360. The summed E-state index contributed by atoms with van der Waals surface area (Å²) in [6.45, 7) is 4.10. The first-order valence-corrected chi connectivity index (χ1v) is 12.7. The zero-order valence-electron chi connectivity index (χ0n) is 18.7. The van der Waals surface area contributed by atoms with Gasteiger partial charge in [-0.15, -0.1) is 23.1 Å². The van der Waals surface area contributed by atoms with Gasteiger partial charge in [0.1, 0.15) is 5.75 Å². The summed E-state index contributed by atoms with van der Waals surface area (Å²) >= 11 is 3.24. The lowest BCUT2D eigenvalue weighted by Gasteiger charge is -2.29. The summed E-state index contributed by atoms with van der Waals surface area (Å²) in [5, 5.41) is 19.3. The molecule has 0 bridgehead atoms. The highest BCUT2D eigenvalue weighted by molar-refractivity contribution is 8.03. The number of nitrogens with zero attached hydrogens (tertiary/aromatic N) is 1. The van der Waals surface area contributed by atoms with Gasteiger partial charge in [-0.05, 0) is 42.7 Å². The minimum absolute atomic E-state index is 0.238. The number of anilines is 1. The minimum Gasteiger partial charge on any atom is -0.495 e. The summed E-state index contributed by atoms with van der Waals surface area (Å²) in [6.07, 6.45) is 4.72. The van der Waals surface area contributed by atoms with Gasteiger partial charge in [-0.3, -0.25) is 4.79 Å². The van der Waals surface area contributed by atoms with Crippen molar-refractivity contribution in [1.29, 1.82) is 5.26 Å². The van der Waals surface area contributed by atoms with E-state index in [1.807, 2.05) is 42.6 Å². The molecule has 1 amide bonds. The molecular formula is C25H29N3O2S2. The van der Waals surface area contributed by atoms with Gasteiger partial charge < -0.3 is 15.4 Å². The number of benzene rings is 1. The molecule has 0 radical (unpaired) electrons. The molecule has 3 rings (SSSR count). The summed E-state index contributed by atoms with van der Waals surface area (Å²) < 4.78 is 5.38. The number of ether oxygens (including phenoxy) is 1. The molecule has 2 heterocycles. The van der Waals surface area contributed by atoms with Crippen molar-refractivity contribution in [3.8, 4) is 11.8 Å². The Morgan fingerprint density at radius 3 is 2.75 bits per heavy atom. The summed E-state index contributed by atoms with van der Waals surface area (Å²) in [5.41, 5.74) is 2.53. The molecule has 0 unspecified atom stereocenters. The number of carbonyl (C=O) groups is 1. The number of thioether (sulfide) groups is 1. The van der Waals surface area contributed by atoms with Crippen molar-refractivity contribution in [3.63, 3.8) is 0 Å². The predicted octanol–water partition coefficient (Wildman–Crippen LogP) is 6.40. The summed E-state index contributed by atoms with van der Waals surface area (Å²) in [7, 11) is 1.58. The quantitative estimate of drug-likeness (QED) is 0.395. The topological polar surface area (TPSA) is 74.2 Å². The smallest absolute Gasteiger partial charge is 0.254 e. The Labute approximate surface area is 198 Å². The number of allylic oxidation sites excluding steroid dienone is 2. The molecule has 0 saturated carbocycles. The Kier molecular flexibility index (Phi) is 8.83. The van der Waals surface area contributed by atoms with Crippen molar-refractivity contribution < 1.29 is 9.53 Å². The van der Waals surface area contributed by atoms with E-state index in [0.29, 0.717) is 22.6 Å². The Hall–Kier alpha value is -2.69. The van der Waals surface area contributed by atoms with Gasteiger partial charge in [0.2, 0.25) is 0 Å². The average Bonchev–Trinajstić information content (AvgIpc) is 3.33. The van der Waals surface area contributed by atoms with Crippen LogP contribution in [-0.4, -0.2) is 18.8 Å². The first-order chi connectivity index (χ1) is 15.6. The van der Waals surface area contributed by atoms with Gasteiger partial charge in [0.15, 0.2) is 0 Å². The average molecular weight is 468 g/mol. The van der Waals surface area contributed by atoms with Crippen LogP contribution < -0.4 is 15.4 Å². The maximum Gasteiger partial charge on any atom is 0.254 e. The number of unbranched alkanes of at least 4 members (excludes halogenated alkanes) is 3. The van der Waals surface area contributed by atoms with Gasteiger partial charge >= 0.3 is 0 Å².